The van der Waals surface area contributed by atoms with E-state index in [1.807, 2.05) is 29.0 Å². The van der Waals surface area contributed by atoms with Crippen molar-refractivity contribution in [2.24, 2.45) is 0 Å². The van der Waals surface area contributed by atoms with E-state index in [1.54, 1.807) is 19.2 Å². The number of carbonyl (C=O) groups excluding carboxylic acids is 2. The average molecular weight is 401 g/mol. The molecule has 138 valence electrons. The van der Waals surface area contributed by atoms with Crippen LogP contribution in [0.3, 0.4) is 0 Å². The van der Waals surface area contributed by atoms with Gasteiger partial charge >= 0.3 is 0 Å². The van der Waals surface area contributed by atoms with E-state index in [4.69, 9.17) is 9.47 Å². The number of anilines is 1. The van der Waals surface area contributed by atoms with Crippen molar-refractivity contribution in [2.75, 3.05) is 25.7 Å². The molecule has 27 heavy (non-hydrogen) atoms. The fourth-order valence-electron chi connectivity index (χ4n) is 2.55. The van der Waals surface area contributed by atoms with Gasteiger partial charge in [-0.2, -0.15) is 0 Å². The van der Waals surface area contributed by atoms with Crippen molar-refractivity contribution in [3.8, 4) is 22.8 Å². The summed E-state index contributed by atoms with van der Waals surface area (Å²) in [6.07, 6.45) is 0. The first-order chi connectivity index (χ1) is 13.1. The summed E-state index contributed by atoms with van der Waals surface area (Å²) in [6, 6.07) is 9.12. The van der Waals surface area contributed by atoms with E-state index in [0.717, 1.165) is 11.3 Å². The number of rotatable bonds is 5. The Morgan fingerprint density at radius 2 is 2.07 bits per heavy atom. The number of fused-ring (bicyclic) bond motifs is 1. The zero-order valence-electron chi connectivity index (χ0n) is 14.3. The summed E-state index contributed by atoms with van der Waals surface area (Å²) < 4.78 is 10.7. The number of ether oxygens (including phenoxy) is 2. The number of thiazole rings is 1. The van der Waals surface area contributed by atoms with E-state index >= 15 is 0 Å². The highest BCUT2D eigenvalue weighted by Crippen LogP contribution is 2.36. The Labute approximate surface area is 163 Å². The summed E-state index contributed by atoms with van der Waals surface area (Å²) in [4.78, 5) is 30.8. The van der Waals surface area contributed by atoms with Gasteiger partial charge in [-0.3, -0.25) is 9.59 Å². The lowest BCUT2D eigenvalue weighted by Gasteiger charge is -2.15. The Morgan fingerprint density at radius 1 is 1.22 bits per heavy atom. The van der Waals surface area contributed by atoms with Gasteiger partial charge in [-0.1, -0.05) is 6.07 Å². The molecule has 2 amide bonds. The van der Waals surface area contributed by atoms with Crippen LogP contribution in [0.1, 0.15) is 9.67 Å². The van der Waals surface area contributed by atoms with Crippen LogP contribution in [0.25, 0.3) is 11.3 Å². The van der Waals surface area contributed by atoms with E-state index in [-0.39, 0.29) is 25.2 Å². The van der Waals surface area contributed by atoms with E-state index in [9.17, 15) is 9.59 Å². The molecule has 0 bridgehead atoms. The number of nitrogens with one attached hydrogen (secondary N) is 1. The Kier molecular flexibility index (Phi) is 4.78. The highest BCUT2D eigenvalue weighted by Gasteiger charge is 2.18. The minimum Gasteiger partial charge on any atom is -0.454 e. The number of likely N-dealkylation sites (N-methyl/N-ethyl adjacent to an activating group) is 1. The number of carbonyl (C=O) groups is 2. The largest absolute Gasteiger partial charge is 0.454 e. The van der Waals surface area contributed by atoms with Crippen LogP contribution in [-0.2, 0) is 4.79 Å². The summed E-state index contributed by atoms with van der Waals surface area (Å²) in [5.74, 6) is 0.912. The Morgan fingerprint density at radius 3 is 2.89 bits per heavy atom. The number of aromatic nitrogens is 1. The fraction of sp³-hybridized carbons (Fsp3) is 0.167. The SMILES string of the molecule is CN(CC(=O)Nc1nc(-c2ccc3c(c2)OCO3)cs1)C(=O)c1cccs1. The number of amides is 2. The molecule has 0 unspecified atom stereocenters. The maximum absolute atomic E-state index is 12.2. The Balaban J connectivity index is 1.39. The first-order valence-electron chi connectivity index (χ1n) is 8.04. The minimum absolute atomic E-state index is 0.0460. The van der Waals surface area contributed by atoms with Gasteiger partial charge in [-0.15, -0.1) is 22.7 Å². The minimum atomic E-state index is -0.297. The van der Waals surface area contributed by atoms with Crippen molar-refractivity contribution >= 4 is 39.6 Å². The van der Waals surface area contributed by atoms with Crippen LogP contribution in [0, 0.1) is 0 Å². The molecule has 0 atom stereocenters. The normalized spacial score (nSPS) is 12.0. The number of thiophene rings is 1. The molecule has 1 N–H and O–H groups in total. The third-order valence-electron chi connectivity index (χ3n) is 3.88. The summed E-state index contributed by atoms with van der Waals surface area (Å²) >= 11 is 2.67. The van der Waals surface area contributed by atoms with Gasteiger partial charge in [0.05, 0.1) is 17.1 Å². The van der Waals surface area contributed by atoms with Crippen LogP contribution < -0.4 is 14.8 Å². The number of nitrogens with zero attached hydrogens (tertiary/aromatic N) is 2. The van der Waals surface area contributed by atoms with Crippen molar-refractivity contribution in [1.82, 2.24) is 9.88 Å². The molecule has 1 aliphatic heterocycles. The second-order valence-electron chi connectivity index (χ2n) is 5.79. The summed E-state index contributed by atoms with van der Waals surface area (Å²) in [5.41, 5.74) is 1.61. The van der Waals surface area contributed by atoms with Gasteiger partial charge in [-0.05, 0) is 29.6 Å². The summed E-state index contributed by atoms with van der Waals surface area (Å²) in [7, 11) is 1.60. The molecule has 0 spiro atoms. The average Bonchev–Trinajstić information content (AvgIpc) is 3.41. The lowest BCUT2D eigenvalue weighted by Crippen LogP contribution is -2.34. The Bertz CT molecular complexity index is 984. The zero-order chi connectivity index (χ0) is 18.8. The monoisotopic (exact) mass is 401 g/mol. The molecule has 4 rings (SSSR count). The van der Waals surface area contributed by atoms with Crippen molar-refractivity contribution in [3.05, 3.63) is 46.0 Å². The highest BCUT2D eigenvalue weighted by atomic mass is 32.1. The molecular weight excluding hydrogens is 386 g/mol. The van der Waals surface area contributed by atoms with Crippen LogP contribution in [0.5, 0.6) is 11.5 Å². The molecule has 9 heteroatoms. The molecule has 1 aliphatic rings. The Hall–Kier alpha value is -2.91. The van der Waals surface area contributed by atoms with Gasteiger partial charge < -0.3 is 19.7 Å². The van der Waals surface area contributed by atoms with Gasteiger partial charge in [0.2, 0.25) is 12.7 Å². The van der Waals surface area contributed by atoms with Gasteiger partial charge in [0, 0.05) is 18.0 Å². The van der Waals surface area contributed by atoms with Crippen molar-refractivity contribution in [1.29, 1.82) is 0 Å². The van der Waals surface area contributed by atoms with Crippen LogP contribution in [0.15, 0.2) is 41.1 Å². The molecule has 1 aromatic carbocycles. The molecule has 2 aromatic heterocycles. The molecule has 3 heterocycles. The fourth-order valence-corrected chi connectivity index (χ4v) is 4.01. The first kappa shape index (κ1) is 17.5. The van der Waals surface area contributed by atoms with Gasteiger partial charge in [0.25, 0.3) is 5.91 Å². The van der Waals surface area contributed by atoms with E-state index in [1.165, 1.54) is 27.6 Å². The number of hydrogen-bond donors (Lipinski definition) is 1. The van der Waals surface area contributed by atoms with E-state index in [0.29, 0.717) is 21.5 Å². The zero-order valence-corrected chi connectivity index (χ0v) is 15.9. The van der Waals surface area contributed by atoms with Crippen LogP contribution in [-0.4, -0.2) is 42.1 Å². The lowest BCUT2D eigenvalue weighted by molar-refractivity contribution is -0.116. The smallest absolute Gasteiger partial charge is 0.264 e. The van der Waals surface area contributed by atoms with Crippen molar-refractivity contribution < 1.29 is 19.1 Å². The second-order valence-corrected chi connectivity index (χ2v) is 7.60. The third kappa shape index (κ3) is 3.79. The molecule has 0 saturated carbocycles. The van der Waals surface area contributed by atoms with Crippen LogP contribution in [0.4, 0.5) is 5.13 Å². The summed E-state index contributed by atoms with van der Waals surface area (Å²) in [6.45, 7) is 0.171. The first-order valence-corrected chi connectivity index (χ1v) is 9.80. The molecule has 0 aliphatic carbocycles. The van der Waals surface area contributed by atoms with Crippen molar-refractivity contribution in [3.63, 3.8) is 0 Å². The molecular formula is C18H15N3O4S2. The quantitative estimate of drug-likeness (QED) is 0.709. The third-order valence-corrected chi connectivity index (χ3v) is 5.49. The van der Waals surface area contributed by atoms with Gasteiger partial charge in [0.15, 0.2) is 16.6 Å². The molecule has 0 saturated heterocycles. The standard InChI is InChI=1S/C18H15N3O4S2/c1-21(17(23)15-3-2-6-26-15)8-16(22)20-18-19-12(9-27-18)11-4-5-13-14(7-11)25-10-24-13/h2-7,9H,8,10H2,1H3,(H,19,20,22). The van der Waals surface area contributed by atoms with Gasteiger partial charge in [0.1, 0.15) is 0 Å². The second kappa shape index (κ2) is 7.37. The van der Waals surface area contributed by atoms with Crippen LogP contribution >= 0.6 is 22.7 Å². The topological polar surface area (TPSA) is 80.8 Å². The van der Waals surface area contributed by atoms with Crippen LogP contribution in [0.2, 0.25) is 0 Å². The molecule has 7 nitrogen and oxygen atoms in total. The molecule has 0 fully saturated rings. The maximum Gasteiger partial charge on any atom is 0.264 e. The molecule has 0 radical (unpaired) electrons. The number of hydrogen-bond acceptors (Lipinski definition) is 7. The van der Waals surface area contributed by atoms with E-state index in [2.05, 4.69) is 10.3 Å². The predicted octanol–water partition coefficient (Wildman–Crippen LogP) is 3.31. The van der Waals surface area contributed by atoms with Crippen molar-refractivity contribution in [2.45, 2.75) is 0 Å². The summed E-state index contributed by atoms with van der Waals surface area (Å²) in [5, 5.41) is 6.90. The maximum atomic E-state index is 12.2. The van der Waals surface area contributed by atoms with Gasteiger partial charge in [-0.25, -0.2) is 4.98 Å². The van der Waals surface area contributed by atoms with E-state index < -0.39 is 0 Å². The molecule has 3 aromatic rings. The highest BCUT2D eigenvalue weighted by molar-refractivity contribution is 7.14. The predicted molar refractivity (Wildman–Crippen MR) is 104 cm³/mol. The lowest BCUT2D eigenvalue weighted by atomic mass is 10.1. The number of benzene rings is 1.